The summed E-state index contributed by atoms with van der Waals surface area (Å²) in [4.78, 5) is 10.4. The second-order valence-electron chi connectivity index (χ2n) is 18.6. The summed E-state index contributed by atoms with van der Waals surface area (Å²) >= 11 is 0. The van der Waals surface area contributed by atoms with E-state index >= 15 is 0 Å². The molecule has 0 saturated heterocycles. The molecular weight excluding hydrogens is 719 g/mol. The molecule has 2 aromatic heterocycles. The van der Waals surface area contributed by atoms with E-state index in [1.165, 1.54) is 22.3 Å². The number of pyridine rings is 1. The van der Waals surface area contributed by atoms with Crippen molar-refractivity contribution in [2.24, 2.45) is 0 Å². The van der Waals surface area contributed by atoms with Crippen molar-refractivity contribution in [3.8, 4) is 67.5 Å². The van der Waals surface area contributed by atoms with Gasteiger partial charge in [-0.25, -0.2) is 4.98 Å². The van der Waals surface area contributed by atoms with Crippen LogP contribution in [0.5, 0.6) is 5.75 Å². The summed E-state index contributed by atoms with van der Waals surface area (Å²) < 4.78 is 2.24. The van der Waals surface area contributed by atoms with Crippen LogP contribution in [0.4, 0.5) is 0 Å². The van der Waals surface area contributed by atoms with Crippen LogP contribution in [-0.4, -0.2) is 19.6 Å². The summed E-state index contributed by atoms with van der Waals surface area (Å²) in [5.41, 5.74) is 15.9. The molecule has 8 rings (SSSR count). The molecule has 296 valence electrons. The second-order valence-corrected chi connectivity index (χ2v) is 18.6. The molecule has 0 radical (unpaired) electrons. The van der Waals surface area contributed by atoms with Crippen LogP contribution in [0.1, 0.15) is 85.4 Å². The van der Waals surface area contributed by atoms with Gasteiger partial charge in [-0.1, -0.05) is 153 Å². The fourth-order valence-corrected chi connectivity index (χ4v) is 7.92. The number of rotatable bonds is 8. The molecule has 4 nitrogen and oxygen atoms in total. The molecule has 59 heavy (non-hydrogen) atoms. The Morgan fingerprint density at radius 1 is 0.508 bits per heavy atom. The lowest BCUT2D eigenvalue weighted by atomic mass is 9.81. The first-order valence-electron chi connectivity index (χ1n) is 20.9. The number of hydrogen-bond acceptors (Lipinski definition) is 3. The number of para-hydroxylation sites is 2. The molecule has 1 N–H and O–H groups in total. The normalized spacial score (nSPS) is 12.3. The highest BCUT2D eigenvalue weighted by Crippen LogP contribution is 2.43. The topological polar surface area (TPSA) is 50.9 Å². The molecule has 6 aromatic carbocycles. The first kappa shape index (κ1) is 39.6. The lowest BCUT2D eigenvalue weighted by Gasteiger charge is -2.25. The summed E-state index contributed by atoms with van der Waals surface area (Å²) in [6.45, 7) is 20.4. The van der Waals surface area contributed by atoms with Crippen molar-refractivity contribution in [1.29, 1.82) is 0 Å². The SMILES string of the molecule is CCC(C)(C)c1ccc(-n2c(-c3ccccc3O)nc3c(-c4cc(-c5cc(-c6ccc(C(C)(C)C)cc6)ccn5)cc(C(C)(C)C)c4)cccc32)c(-c2ccccc2)c1. The van der Waals surface area contributed by atoms with E-state index in [-0.39, 0.29) is 22.0 Å². The number of aromatic hydroxyl groups is 1. The van der Waals surface area contributed by atoms with Crippen molar-refractivity contribution in [1.82, 2.24) is 14.5 Å². The van der Waals surface area contributed by atoms with Crippen molar-refractivity contribution in [2.75, 3.05) is 0 Å². The molecule has 0 aliphatic rings. The number of fused-ring (bicyclic) bond motifs is 1. The van der Waals surface area contributed by atoms with Crippen LogP contribution >= 0.6 is 0 Å². The molecule has 2 heterocycles. The van der Waals surface area contributed by atoms with Gasteiger partial charge in [0.15, 0.2) is 0 Å². The quantitative estimate of drug-likeness (QED) is 0.167. The van der Waals surface area contributed by atoms with E-state index in [9.17, 15) is 5.11 Å². The Balaban J connectivity index is 1.35. The Bertz CT molecular complexity index is 2790. The number of benzene rings is 6. The third-order valence-corrected chi connectivity index (χ3v) is 12.1. The molecule has 0 amide bonds. The van der Waals surface area contributed by atoms with E-state index in [2.05, 4.69) is 188 Å². The lowest BCUT2D eigenvalue weighted by Crippen LogP contribution is -2.16. The molecule has 0 spiro atoms. The minimum atomic E-state index is -0.127. The van der Waals surface area contributed by atoms with Gasteiger partial charge in [-0.3, -0.25) is 9.55 Å². The Hall–Kier alpha value is -6.26. The number of phenolic OH excluding ortho intramolecular Hbond substituents is 1. The summed E-state index contributed by atoms with van der Waals surface area (Å²) in [5.74, 6) is 0.871. The predicted molar refractivity (Wildman–Crippen MR) is 248 cm³/mol. The zero-order valence-electron chi connectivity index (χ0n) is 35.9. The average Bonchev–Trinajstić information content (AvgIpc) is 3.62. The molecule has 0 bridgehead atoms. The molecule has 0 fully saturated rings. The Morgan fingerprint density at radius 2 is 1.17 bits per heavy atom. The number of phenols is 1. The van der Waals surface area contributed by atoms with Gasteiger partial charge in [-0.2, -0.15) is 0 Å². The van der Waals surface area contributed by atoms with Gasteiger partial charge in [0.2, 0.25) is 0 Å². The van der Waals surface area contributed by atoms with Gasteiger partial charge in [0.25, 0.3) is 0 Å². The van der Waals surface area contributed by atoms with Crippen LogP contribution in [0.15, 0.2) is 152 Å². The van der Waals surface area contributed by atoms with Crippen LogP contribution in [0, 0.1) is 0 Å². The average molecular weight is 774 g/mol. The van der Waals surface area contributed by atoms with Crippen LogP contribution in [0.2, 0.25) is 0 Å². The molecule has 0 aliphatic carbocycles. The fraction of sp³-hybridized carbons (Fsp3) is 0.236. The Morgan fingerprint density at radius 3 is 1.86 bits per heavy atom. The van der Waals surface area contributed by atoms with Crippen molar-refractivity contribution in [3.63, 3.8) is 0 Å². The van der Waals surface area contributed by atoms with Gasteiger partial charge in [-0.15, -0.1) is 0 Å². The monoisotopic (exact) mass is 773 g/mol. The maximum atomic E-state index is 11.4. The Labute approximate surface area is 350 Å². The van der Waals surface area contributed by atoms with Gasteiger partial charge in [0, 0.05) is 22.9 Å². The maximum absolute atomic E-state index is 11.4. The molecule has 0 aliphatic heterocycles. The zero-order valence-corrected chi connectivity index (χ0v) is 35.9. The molecule has 0 saturated carbocycles. The number of imidazole rings is 1. The first-order valence-corrected chi connectivity index (χ1v) is 20.9. The number of nitrogens with zero attached hydrogens (tertiary/aromatic N) is 3. The molecule has 4 heteroatoms. The largest absolute Gasteiger partial charge is 0.507 e. The smallest absolute Gasteiger partial charge is 0.149 e. The lowest BCUT2D eigenvalue weighted by molar-refractivity contribution is 0.477. The molecular formula is C55H55N3O. The highest BCUT2D eigenvalue weighted by Gasteiger charge is 2.26. The molecule has 0 atom stereocenters. The number of hydrogen-bond donors (Lipinski definition) is 1. The maximum Gasteiger partial charge on any atom is 0.149 e. The standard InChI is InChI=1S/C55H55N3O/c1-10-55(8,9)42-27-28-48(46(35-42)37-17-12-11-13-18-37)58-49-21-16-20-44(51(49)57-52(58)45-19-14-15-22-50(45)59)39-31-40(33-43(32-39)54(5,6)7)47-34-38(29-30-56-47)36-23-25-41(26-24-36)53(2,3)4/h11-35,59H,10H2,1-9H3. The van der Waals surface area contributed by atoms with Crippen molar-refractivity contribution >= 4 is 11.0 Å². The highest BCUT2D eigenvalue weighted by molar-refractivity contribution is 5.97. The summed E-state index contributed by atoms with van der Waals surface area (Å²) in [6.07, 6.45) is 2.94. The van der Waals surface area contributed by atoms with E-state index in [1.807, 2.05) is 24.4 Å². The van der Waals surface area contributed by atoms with Gasteiger partial charge >= 0.3 is 0 Å². The summed E-state index contributed by atoms with van der Waals surface area (Å²) in [5, 5.41) is 11.4. The van der Waals surface area contributed by atoms with E-state index in [0.29, 0.717) is 11.4 Å². The molecule has 8 aromatic rings. The van der Waals surface area contributed by atoms with E-state index in [0.717, 1.165) is 62.2 Å². The fourth-order valence-electron chi connectivity index (χ4n) is 7.92. The summed E-state index contributed by atoms with van der Waals surface area (Å²) in [7, 11) is 0. The van der Waals surface area contributed by atoms with Crippen LogP contribution in [0.25, 0.3) is 72.7 Å². The number of aromatic nitrogens is 3. The minimum absolute atomic E-state index is 0.00615. The minimum Gasteiger partial charge on any atom is -0.507 e. The van der Waals surface area contributed by atoms with Crippen molar-refractivity contribution in [2.45, 2.75) is 85.0 Å². The Kier molecular flexibility index (Phi) is 10.2. The van der Waals surface area contributed by atoms with Crippen LogP contribution in [0.3, 0.4) is 0 Å². The predicted octanol–water partition coefficient (Wildman–Crippen LogP) is 14.7. The van der Waals surface area contributed by atoms with Gasteiger partial charge in [0.05, 0.1) is 28.0 Å². The third-order valence-electron chi connectivity index (χ3n) is 12.1. The van der Waals surface area contributed by atoms with E-state index in [4.69, 9.17) is 9.97 Å². The van der Waals surface area contributed by atoms with E-state index in [1.54, 1.807) is 6.07 Å². The van der Waals surface area contributed by atoms with Crippen molar-refractivity contribution in [3.05, 3.63) is 168 Å². The first-order chi connectivity index (χ1) is 28.1. The van der Waals surface area contributed by atoms with E-state index < -0.39 is 0 Å². The van der Waals surface area contributed by atoms with Gasteiger partial charge in [-0.05, 0) is 116 Å². The van der Waals surface area contributed by atoms with Crippen LogP contribution < -0.4 is 0 Å². The highest BCUT2D eigenvalue weighted by atomic mass is 16.3. The van der Waals surface area contributed by atoms with Gasteiger partial charge < -0.3 is 5.11 Å². The van der Waals surface area contributed by atoms with Gasteiger partial charge in [0.1, 0.15) is 11.6 Å². The molecule has 0 unspecified atom stereocenters. The summed E-state index contributed by atoms with van der Waals surface area (Å²) in [6, 6.07) is 51.5. The third kappa shape index (κ3) is 7.72. The van der Waals surface area contributed by atoms with Crippen molar-refractivity contribution < 1.29 is 5.11 Å². The van der Waals surface area contributed by atoms with Crippen LogP contribution in [-0.2, 0) is 16.2 Å². The second kappa shape index (κ2) is 15.2. The zero-order chi connectivity index (χ0) is 41.7.